The molecule has 0 spiro atoms. The average Bonchev–Trinajstić information content (AvgIpc) is 3.54. The van der Waals surface area contributed by atoms with Gasteiger partial charge in [-0.25, -0.2) is 23.1 Å². The third-order valence-corrected chi connectivity index (χ3v) is 7.84. The van der Waals surface area contributed by atoms with E-state index in [0.717, 1.165) is 10.6 Å². The average molecular weight is 470 g/mol. The number of nitrogens with zero attached hydrogens (tertiary/aromatic N) is 3. The van der Waals surface area contributed by atoms with Gasteiger partial charge in [0.25, 0.3) is 0 Å². The summed E-state index contributed by atoms with van der Waals surface area (Å²) < 4.78 is 40.1. The van der Waals surface area contributed by atoms with E-state index in [1.54, 1.807) is 29.7 Å². The molecule has 2 fully saturated rings. The van der Waals surface area contributed by atoms with Crippen molar-refractivity contribution >= 4 is 27.3 Å². The fourth-order valence-electron chi connectivity index (χ4n) is 3.94. The molecule has 9 nitrogen and oxygen atoms in total. The lowest BCUT2D eigenvalue weighted by atomic mass is 10.1. The lowest BCUT2D eigenvalue weighted by Crippen LogP contribution is -2.44. The largest absolute Gasteiger partial charge is 0.371 e. The van der Waals surface area contributed by atoms with Crippen molar-refractivity contribution in [1.82, 2.24) is 14.7 Å². The van der Waals surface area contributed by atoms with Crippen molar-refractivity contribution in [3.05, 3.63) is 59.6 Å². The number of thiophene rings is 1. The Morgan fingerprint density at radius 1 is 1.06 bits per heavy atom. The number of benzene rings is 1. The van der Waals surface area contributed by atoms with E-state index >= 15 is 0 Å². The number of nitriles is 1. The fraction of sp³-hybridized carbons (Fsp3) is 0.286. The van der Waals surface area contributed by atoms with Gasteiger partial charge in [-0.2, -0.15) is 5.26 Å². The smallest absolute Gasteiger partial charge is 0.242 e. The predicted molar refractivity (Wildman–Crippen MR) is 118 cm³/mol. The van der Waals surface area contributed by atoms with E-state index in [4.69, 9.17) is 9.47 Å². The minimum absolute atomic E-state index is 0.0580. The van der Waals surface area contributed by atoms with Crippen molar-refractivity contribution < 1.29 is 17.9 Å². The van der Waals surface area contributed by atoms with Crippen LogP contribution in [-0.2, 0) is 19.5 Å². The molecule has 5 rings (SSSR count). The molecule has 4 heterocycles. The number of aromatic nitrogens is 2. The summed E-state index contributed by atoms with van der Waals surface area (Å²) in [4.78, 5) is 9.84. The van der Waals surface area contributed by atoms with Crippen LogP contribution >= 0.6 is 11.3 Å². The van der Waals surface area contributed by atoms with E-state index in [0.29, 0.717) is 12.6 Å². The molecule has 0 aliphatic carbocycles. The topological polar surface area (TPSA) is 126 Å². The number of ether oxygens (including phenoxy) is 2. The number of fused-ring (bicyclic) bond motifs is 1. The molecule has 32 heavy (non-hydrogen) atoms. The van der Waals surface area contributed by atoms with Gasteiger partial charge in [0.15, 0.2) is 0 Å². The lowest BCUT2D eigenvalue weighted by Gasteiger charge is -2.18. The van der Waals surface area contributed by atoms with Gasteiger partial charge in [0.05, 0.1) is 46.3 Å². The van der Waals surface area contributed by atoms with E-state index in [-0.39, 0.29) is 29.2 Å². The van der Waals surface area contributed by atoms with Gasteiger partial charge in [0, 0.05) is 6.20 Å². The van der Waals surface area contributed by atoms with Gasteiger partial charge in [-0.05, 0) is 29.6 Å². The minimum Gasteiger partial charge on any atom is -0.371 e. The Morgan fingerprint density at radius 3 is 2.62 bits per heavy atom. The normalized spacial score (nSPS) is 24.7. The number of anilines is 1. The maximum atomic E-state index is 12.9. The van der Waals surface area contributed by atoms with Crippen molar-refractivity contribution in [1.29, 1.82) is 5.26 Å². The van der Waals surface area contributed by atoms with Gasteiger partial charge >= 0.3 is 0 Å². The predicted octanol–water partition coefficient (Wildman–Crippen LogP) is 2.00. The molecular formula is C21H19N5O4S2. The molecule has 3 aromatic rings. The van der Waals surface area contributed by atoms with Crippen LogP contribution in [0.2, 0.25) is 0 Å². The first-order valence-corrected chi connectivity index (χ1v) is 12.3. The van der Waals surface area contributed by atoms with Crippen LogP contribution in [0.1, 0.15) is 5.56 Å². The first kappa shape index (κ1) is 21.0. The standard InChI is InChI=1S/C21H19N5O4S2/c22-10-13-4-1-2-6-18(13)32(27,28)26-16-12-30-19-15(11-29-20(16)19)25-21-23-8-7-14(24-21)17-5-3-9-31-17/h1-9,15-16,19-20,26H,11-12H2,(H,23,24,25)/t15-,16-,19+,20+/m0/s1. The summed E-state index contributed by atoms with van der Waals surface area (Å²) >= 11 is 1.60. The van der Waals surface area contributed by atoms with Crippen molar-refractivity contribution in [2.24, 2.45) is 0 Å². The van der Waals surface area contributed by atoms with Crippen LogP contribution in [0.4, 0.5) is 5.95 Å². The summed E-state index contributed by atoms with van der Waals surface area (Å²) in [6, 6.07) is 13.0. The molecule has 0 bridgehead atoms. The van der Waals surface area contributed by atoms with Crippen LogP contribution in [0.3, 0.4) is 0 Å². The molecule has 1 aromatic carbocycles. The van der Waals surface area contributed by atoms with E-state index < -0.39 is 22.2 Å². The molecular weight excluding hydrogens is 450 g/mol. The molecule has 2 aliphatic heterocycles. The SMILES string of the molecule is N#Cc1ccccc1S(=O)(=O)N[C@H]1CO[C@H]2[C@@H]1OC[C@@H]2Nc1nccc(-c2cccs2)n1. The number of nitrogens with one attached hydrogen (secondary N) is 2. The molecule has 0 radical (unpaired) electrons. The monoisotopic (exact) mass is 469 g/mol. The maximum absolute atomic E-state index is 12.9. The van der Waals surface area contributed by atoms with E-state index in [2.05, 4.69) is 20.0 Å². The number of sulfonamides is 1. The second-order valence-corrected chi connectivity index (χ2v) is 10.1. The molecule has 2 N–H and O–H groups in total. The zero-order valence-corrected chi connectivity index (χ0v) is 18.3. The number of hydrogen-bond donors (Lipinski definition) is 2. The van der Waals surface area contributed by atoms with Gasteiger partial charge in [-0.15, -0.1) is 11.3 Å². The van der Waals surface area contributed by atoms with Gasteiger partial charge in [-0.1, -0.05) is 18.2 Å². The van der Waals surface area contributed by atoms with Crippen LogP contribution in [0.25, 0.3) is 10.6 Å². The summed E-state index contributed by atoms with van der Waals surface area (Å²) in [6.45, 7) is 0.493. The quantitative estimate of drug-likeness (QED) is 0.561. The van der Waals surface area contributed by atoms with Crippen molar-refractivity contribution in [2.45, 2.75) is 29.2 Å². The van der Waals surface area contributed by atoms with E-state index in [9.17, 15) is 13.7 Å². The van der Waals surface area contributed by atoms with Gasteiger partial charge in [-0.3, -0.25) is 0 Å². The first-order chi connectivity index (χ1) is 15.5. The van der Waals surface area contributed by atoms with Crippen LogP contribution in [0, 0.1) is 11.3 Å². The third-order valence-electron chi connectivity index (χ3n) is 5.40. The van der Waals surface area contributed by atoms with Gasteiger partial charge < -0.3 is 14.8 Å². The second kappa shape index (κ2) is 8.57. The van der Waals surface area contributed by atoms with Crippen molar-refractivity contribution in [2.75, 3.05) is 18.5 Å². The minimum atomic E-state index is -3.91. The highest BCUT2D eigenvalue weighted by molar-refractivity contribution is 7.89. The van der Waals surface area contributed by atoms with Crippen LogP contribution in [-0.4, -0.2) is 55.9 Å². The molecule has 2 aromatic heterocycles. The Morgan fingerprint density at radius 2 is 1.84 bits per heavy atom. The van der Waals surface area contributed by atoms with Crippen LogP contribution in [0.5, 0.6) is 0 Å². The maximum Gasteiger partial charge on any atom is 0.242 e. The highest BCUT2D eigenvalue weighted by Gasteiger charge is 2.49. The summed E-state index contributed by atoms with van der Waals surface area (Å²) in [5, 5.41) is 14.5. The summed E-state index contributed by atoms with van der Waals surface area (Å²) in [7, 11) is -3.91. The Labute approximate surface area is 189 Å². The Kier molecular flexibility index (Phi) is 5.62. The van der Waals surface area contributed by atoms with Gasteiger partial charge in [0.1, 0.15) is 18.3 Å². The molecule has 4 atom stereocenters. The van der Waals surface area contributed by atoms with E-state index in [1.807, 2.05) is 29.6 Å². The highest BCUT2D eigenvalue weighted by Crippen LogP contribution is 2.30. The van der Waals surface area contributed by atoms with Crippen molar-refractivity contribution in [3.8, 4) is 16.6 Å². The number of rotatable bonds is 6. The Balaban J connectivity index is 1.28. The highest BCUT2D eigenvalue weighted by atomic mass is 32.2. The van der Waals surface area contributed by atoms with E-state index in [1.165, 1.54) is 12.1 Å². The molecule has 11 heteroatoms. The molecule has 2 aliphatic rings. The van der Waals surface area contributed by atoms with Crippen molar-refractivity contribution in [3.63, 3.8) is 0 Å². The molecule has 0 unspecified atom stereocenters. The first-order valence-electron chi connectivity index (χ1n) is 9.93. The molecule has 2 saturated heterocycles. The Bertz CT molecular complexity index is 1260. The molecule has 0 amide bonds. The number of hydrogen-bond acceptors (Lipinski definition) is 9. The lowest BCUT2D eigenvalue weighted by molar-refractivity contribution is 0.0690. The fourth-order valence-corrected chi connectivity index (χ4v) is 6.02. The second-order valence-electron chi connectivity index (χ2n) is 7.43. The van der Waals surface area contributed by atoms with Crippen LogP contribution < -0.4 is 10.0 Å². The summed E-state index contributed by atoms with van der Waals surface area (Å²) in [5.41, 5.74) is 0.909. The summed E-state index contributed by atoms with van der Waals surface area (Å²) in [5.74, 6) is 0.459. The zero-order chi connectivity index (χ0) is 22.1. The summed E-state index contributed by atoms with van der Waals surface area (Å²) in [6.07, 6.45) is 0.872. The Hall–Kier alpha value is -2.88. The van der Waals surface area contributed by atoms with Crippen LogP contribution in [0.15, 0.2) is 58.9 Å². The van der Waals surface area contributed by atoms with Gasteiger partial charge in [0.2, 0.25) is 16.0 Å². The zero-order valence-electron chi connectivity index (χ0n) is 16.7. The molecule has 0 saturated carbocycles. The molecule has 164 valence electrons. The third kappa shape index (κ3) is 3.99.